The monoisotopic (exact) mass is 266 g/mol. The van der Waals surface area contributed by atoms with E-state index in [1.54, 1.807) is 0 Å². The number of hydrogen-bond acceptors (Lipinski definition) is 3. The van der Waals surface area contributed by atoms with Gasteiger partial charge >= 0.3 is 0 Å². The van der Waals surface area contributed by atoms with Gasteiger partial charge in [-0.2, -0.15) is 0 Å². The van der Waals surface area contributed by atoms with E-state index < -0.39 is 18.3 Å². The molecule has 1 aliphatic heterocycles. The van der Waals surface area contributed by atoms with Crippen LogP contribution < -0.4 is 5.32 Å². The van der Waals surface area contributed by atoms with Crippen molar-refractivity contribution in [3.63, 3.8) is 0 Å². The Morgan fingerprint density at radius 2 is 2.16 bits per heavy atom. The van der Waals surface area contributed by atoms with E-state index in [2.05, 4.69) is 5.32 Å². The molecule has 4 nitrogen and oxygen atoms in total. The molecular formula is C14H19FN2O2. The number of amides is 1. The Labute approximate surface area is 112 Å². The number of carbonyl (C=O) groups is 1. The number of benzene rings is 1. The van der Waals surface area contributed by atoms with Crippen molar-refractivity contribution in [2.75, 3.05) is 13.2 Å². The maximum atomic E-state index is 14.1. The number of aliphatic hydroxyl groups excluding tert-OH is 1. The molecule has 0 spiro atoms. The van der Waals surface area contributed by atoms with Crippen molar-refractivity contribution >= 4 is 5.91 Å². The van der Waals surface area contributed by atoms with Crippen LogP contribution in [0.4, 0.5) is 4.39 Å². The fourth-order valence-electron chi connectivity index (χ4n) is 2.56. The number of carbonyl (C=O) groups excluding carboxylic acids is 1. The molecule has 2 N–H and O–H groups in total. The molecule has 0 bridgehead atoms. The highest BCUT2D eigenvalue weighted by atomic mass is 19.1. The van der Waals surface area contributed by atoms with Gasteiger partial charge in [0.1, 0.15) is 6.17 Å². The van der Waals surface area contributed by atoms with Crippen LogP contribution in [-0.2, 0) is 11.3 Å². The fraction of sp³-hybridized carbons (Fsp3) is 0.500. The first-order chi connectivity index (χ1) is 9.11. The van der Waals surface area contributed by atoms with Crippen LogP contribution in [0.3, 0.4) is 0 Å². The zero-order chi connectivity index (χ0) is 13.8. The summed E-state index contributed by atoms with van der Waals surface area (Å²) in [6.45, 7) is 2.12. The number of rotatable bonds is 4. The van der Waals surface area contributed by atoms with Crippen molar-refractivity contribution < 1.29 is 14.3 Å². The second kappa shape index (κ2) is 6.12. The molecule has 0 aromatic heterocycles. The van der Waals surface area contributed by atoms with Crippen LogP contribution in [0.5, 0.6) is 0 Å². The minimum absolute atomic E-state index is 0.245. The van der Waals surface area contributed by atoms with E-state index >= 15 is 0 Å². The van der Waals surface area contributed by atoms with E-state index in [4.69, 9.17) is 0 Å². The molecule has 1 aromatic rings. The van der Waals surface area contributed by atoms with Gasteiger partial charge in [-0.15, -0.1) is 0 Å². The molecule has 0 saturated carbocycles. The molecule has 2 rings (SSSR count). The molecule has 1 saturated heterocycles. The third kappa shape index (κ3) is 3.30. The Balaban J connectivity index is 2.05. The lowest BCUT2D eigenvalue weighted by Gasteiger charge is -2.23. The van der Waals surface area contributed by atoms with E-state index in [-0.39, 0.29) is 12.5 Å². The predicted octanol–water partition coefficient (Wildman–Crippen LogP) is 0.706. The summed E-state index contributed by atoms with van der Waals surface area (Å²) in [5.41, 5.74) is 1.07. The van der Waals surface area contributed by atoms with Gasteiger partial charge in [-0.05, 0) is 5.56 Å². The summed E-state index contributed by atoms with van der Waals surface area (Å²) in [7, 11) is 0. The van der Waals surface area contributed by atoms with Crippen LogP contribution >= 0.6 is 0 Å². The van der Waals surface area contributed by atoms with Gasteiger partial charge in [0, 0.05) is 20.0 Å². The highest BCUT2D eigenvalue weighted by Gasteiger charge is 2.41. The average molecular weight is 266 g/mol. The van der Waals surface area contributed by atoms with Gasteiger partial charge in [0.25, 0.3) is 0 Å². The van der Waals surface area contributed by atoms with Gasteiger partial charge in [-0.3, -0.25) is 9.69 Å². The molecule has 19 heavy (non-hydrogen) atoms. The summed E-state index contributed by atoms with van der Waals surface area (Å²) in [6, 6.07) is 8.61. The molecule has 3 atom stereocenters. The van der Waals surface area contributed by atoms with Crippen LogP contribution in [0.15, 0.2) is 30.3 Å². The lowest BCUT2D eigenvalue weighted by molar-refractivity contribution is -0.119. The van der Waals surface area contributed by atoms with Crippen LogP contribution in [0, 0.1) is 0 Å². The van der Waals surface area contributed by atoms with Crippen LogP contribution in [0.25, 0.3) is 0 Å². The van der Waals surface area contributed by atoms with Crippen molar-refractivity contribution in [2.24, 2.45) is 0 Å². The summed E-state index contributed by atoms with van der Waals surface area (Å²) in [4.78, 5) is 12.9. The largest absolute Gasteiger partial charge is 0.395 e. The smallest absolute Gasteiger partial charge is 0.217 e. The minimum Gasteiger partial charge on any atom is -0.395 e. The van der Waals surface area contributed by atoms with Gasteiger partial charge in [-0.25, -0.2) is 4.39 Å². The Morgan fingerprint density at radius 3 is 2.74 bits per heavy atom. The summed E-state index contributed by atoms with van der Waals surface area (Å²) in [5.74, 6) is -0.245. The first kappa shape index (κ1) is 14.0. The standard InChI is InChI=1S/C14H19FN2O2/c1-10(19)16-12-8-17(13(9-18)14(12)15)7-11-5-3-2-4-6-11/h2-6,12-14,18H,7-9H2,1H3,(H,16,19)/t12-,13-,14+/m0/s1. The number of hydrogen-bond donors (Lipinski definition) is 2. The van der Waals surface area contributed by atoms with Crippen molar-refractivity contribution in [3.05, 3.63) is 35.9 Å². The molecule has 0 unspecified atom stereocenters. The van der Waals surface area contributed by atoms with Crippen LogP contribution in [0.1, 0.15) is 12.5 Å². The van der Waals surface area contributed by atoms with Gasteiger partial charge < -0.3 is 10.4 Å². The molecule has 1 fully saturated rings. The van der Waals surface area contributed by atoms with Crippen molar-refractivity contribution in [1.82, 2.24) is 10.2 Å². The quantitative estimate of drug-likeness (QED) is 0.844. The van der Waals surface area contributed by atoms with Gasteiger partial charge in [0.2, 0.25) is 5.91 Å². The van der Waals surface area contributed by atoms with Gasteiger partial charge in [0.15, 0.2) is 0 Å². The summed E-state index contributed by atoms with van der Waals surface area (Å²) in [5, 5.41) is 11.9. The molecule has 0 radical (unpaired) electrons. The van der Waals surface area contributed by atoms with Crippen LogP contribution in [0.2, 0.25) is 0 Å². The molecule has 104 valence electrons. The van der Waals surface area contributed by atoms with E-state index in [1.165, 1.54) is 6.92 Å². The second-order valence-electron chi connectivity index (χ2n) is 4.92. The van der Waals surface area contributed by atoms with E-state index in [9.17, 15) is 14.3 Å². The zero-order valence-corrected chi connectivity index (χ0v) is 10.9. The van der Waals surface area contributed by atoms with Crippen LogP contribution in [-0.4, -0.2) is 47.3 Å². The highest BCUT2D eigenvalue weighted by Crippen LogP contribution is 2.23. The Morgan fingerprint density at radius 1 is 1.47 bits per heavy atom. The van der Waals surface area contributed by atoms with E-state index in [0.29, 0.717) is 13.1 Å². The first-order valence-electron chi connectivity index (χ1n) is 6.42. The SMILES string of the molecule is CC(=O)N[C@H]1CN(Cc2ccccc2)[C@@H](CO)[C@@H]1F. The predicted molar refractivity (Wildman–Crippen MR) is 70.2 cm³/mol. The van der Waals surface area contributed by atoms with Gasteiger partial charge in [-0.1, -0.05) is 30.3 Å². The first-order valence-corrected chi connectivity index (χ1v) is 6.42. The number of nitrogens with zero attached hydrogens (tertiary/aromatic N) is 1. The fourth-order valence-corrected chi connectivity index (χ4v) is 2.56. The molecule has 1 aromatic carbocycles. The number of alkyl halides is 1. The third-order valence-electron chi connectivity index (χ3n) is 3.46. The number of nitrogens with one attached hydrogen (secondary N) is 1. The summed E-state index contributed by atoms with van der Waals surface area (Å²) < 4.78 is 14.1. The Hall–Kier alpha value is -1.46. The molecule has 1 amide bonds. The van der Waals surface area contributed by atoms with E-state index in [1.807, 2.05) is 35.2 Å². The molecule has 1 heterocycles. The molecular weight excluding hydrogens is 247 g/mol. The van der Waals surface area contributed by atoms with E-state index in [0.717, 1.165) is 5.56 Å². The Bertz CT molecular complexity index is 427. The second-order valence-corrected chi connectivity index (χ2v) is 4.92. The lowest BCUT2D eigenvalue weighted by atomic mass is 10.1. The zero-order valence-electron chi connectivity index (χ0n) is 10.9. The number of halogens is 1. The third-order valence-corrected chi connectivity index (χ3v) is 3.46. The maximum Gasteiger partial charge on any atom is 0.217 e. The van der Waals surface area contributed by atoms with Crippen molar-refractivity contribution in [1.29, 1.82) is 0 Å². The normalized spacial score (nSPS) is 27.4. The van der Waals surface area contributed by atoms with Crippen molar-refractivity contribution in [3.8, 4) is 0 Å². The average Bonchev–Trinajstić information content (AvgIpc) is 2.66. The van der Waals surface area contributed by atoms with Crippen molar-refractivity contribution in [2.45, 2.75) is 31.7 Å². The Kier molecular flexibility index (Phi) is 4.50. The molecule has 0 aliphatic carbocycles. The van der Waals surface area contributed by atoms with Gasteiger partial charge in [0.05, 0.1) is 18.7 Å². The minimum atomic E-state index is -1.24. The number of likely N-dealkylation sites (tertiary alicyclic amines) is 1. The molecule has 5 heteroatoms. The maximum absolute atomic E-state index is 14.1. The lowest BCUT2D eigenvalue weighted by Crippen LogP contribution is -2.42. The number of aliphatic hydroxyl groups is 1. The topological polar surface area (TPSA) is 52.6 Å². The summed E-state index contributed by atoms with van der Waals surface area (Å²) >= 11 is 0. The summed E-state index contributed by atoms with van der Waals surface area (Å²) in [6.07, 6.45) is -1.24. The highest BCUT2D eigenvalue weighted by molar-refractivity contribution is 5.73. The molecule has 1 aliphatic rings.